The summed E-state index contributed by atoms with van der Waals surface area (Å²) in [7, 11) is 1.47. The van der Waals surface area contributed by atoms with Gasteiger partial charge in [-0.25, -0.2) is 24.4 Å². The number of hydrazone groups is 1. The predicted octanol–water partition coefficient (Wildman–Crippen LogP) is 11.7. The summed E-state index contributed by atoms with van der Waals surface area (Å²) >= 11 is 1.53. The highest BCUT2D eigenvalue weighted by molar-refractivity contribution is 7.22. The van der Waals surface area contributed by atoms with Crippen LogP contribution in [0.5, 0.6) is 28.7 Å². The lowest BCUT2D eigenvalue weighted by Gasteiger charge is -2.15. The number of methoxy groups -OCH3 is 1. The third kappa shape index (κ3) is 13.3. The molecule has 13 heteroatoms. The van der Waals surface area contributed by atoms with Crippen molar-refractivity contribution in [1.29, 1.82) is 0 Å². The van der Waals surface area contributed by atoms with Crippen LogP contribution in [0, 0.1) is 0 Å². The minimum atomic E-state index is -0.633. The molecule has 7 rings (SSSR count). The van der Waals surface area contributed by atoms with Gasteiger partial charge in [0.05, 0.1) is 42.3 Å². The number of thiazole rings is 1. The van der Waals surface area contributed by atoms with E-state index >= 15 is 0 Å². The standard InChI is InChI=1S/C55H51N3O9S/c1-5-8-29-58(55-57-47-13-9-10-14-51(47)68-55)56-36-44-35-46(65-37-40-17-15-38(12-6-2)16-18-40)25-27-48(44)66-53(60)28-20-39-19-26-49(50(32-39)62-4)67-54(61)43-22-21-42-34-45(24-23-41(42)33-43)63-30-11-31-64-52(59)7-3/h5,7,9-10,13-28,32-36H,1,3,6,8,11-12,29-31,37H2,2,4H3/b28-20+,56-36+. The van der Waals surface area contributed by atoms with E-state index < -0.39 is 17.9 Å². The molecule has 1 heterocycles. The molecule has 1 aromatic heterocycles. The molecule has 0 bridgehead atoms. The molecule has 0 saturated carbocycles. The van der Waals surface area contributed by atoms with Gasteiger partial charge in [0.25, 0.3) is 0 Å². The number of carbonyl (C=O) groups is 3. The maximum atomic E-state index is 13.4. The monoisotopic (exact) mass is 929 g/mol. The van der Waals surface area contributed by atoms with Gasteiger partial charge in [0.2, 0.25) is 5.13 Å². The third-order valence-electron chi connectivity index (χ3n) is 10.4. The Morgan fingerprint density at radius 2 is 1.53 bits per heavy atom. The van der Waals surface area contributed by atoms with Crippen LogP contribution in [0.25, 0.3) is 27.1 Å². The normalized spacial score (nSPS) is 11.1. The number of rotatable bonds is 23. The number of aryl methyl sites for hydroxylation is 1. The molecule has 0 atom stereocenters. The van der Waals surface area contributed by atoms with E-state index in [1.54, 1.807) is 66.9 Å². The summed E-state index contributed by atoms with van der Waals surface area (Å²) in [6, 6.07) is 37.2. The maximum Gasteiger partial charge on any atom is 0.343 e. The predicted molar refractivity (Wildman–Crippen MR) is 268 cm³/mol. The van der Waals surface area contributed by atoms with Gasteiger partial charge < -0.3 is 28.4 Å². The Balaban J connectivity index is 1.02. The summed E-state index contributed by atoms with van der Waals surface area (Å²) in [6.45, 7) is 10.9. The average Bonchev–Trinajstić information content (AvgIpc) is 3.80. The first kappa shape index (κ1) is 47.9. The zero-order valence-electron chi connectivity index (χ0n) is 37.9. The summed E-state index contributed by atoms with van der Waals surface area (Å²) in [4.78, 5) is 42.7. The van der Waals surface area contributed by atoms with Crippen LogP contribution >= 0.6 is 11.3 Å². The van der Waals surface area contributed by atoms with Crippen molar-refractivity contribution >= 4 is 67.7 Å². The van der Waals surface area contributed by atoms with Crippen LogP contribution in [-0.2, 0) is 27.4 Å². The Bertz CT molecular complexity index is 2930. The molecule has 0 N–H and O–H groups in total. The first-order valence-corrected chi connectivity index (χ1v) is 22.9. The molecule has 0 radical (unpaired) electrons. The van der Waals surface area contributed by atoms with Gasteiger partial charge in [0.15, 0.2) is 11.5 Å². The maximum absolute atomic E-state index is 13.4. The molecule has 12 nitrogen and oxygen atoms in total. The Kier molecular flexibility index (Phi) is 16.9. The number of benzene rings is 6. The van der Waals surface area contributed by atoms with E-state index in [2.05, 4.69) is 44.3 Å². The highest BCUT2D eigenvalue weighted by atomic mass is 32.1. The van der Waals surface area contributed by atoms with Crippen molar-refractivity contribution in [3.05, 3.63) is 181 Å². The average molecular weight is 930 g/mol. The van der Waals surface area contributed by atoms with Crippen LogP contribution in [0.1, 0.15) is 58.8 Å². The quantitative estimate of drug-likeness (QED) is 0.0115. The molecule has 0 aliphatic carbocycles. The van der Waals surface area contributed by atoms with E-state index in [1.807, 2.05) is 53.5 Å². The second-order valence-corrected chi connectivity index (χ2v) is 16.3. The minimum absolute atomic E-state index is 0.201. The Hall–Kier alpha value is -8.03. The SMILES string of the molecule is C=CCCN(/N=C/c1cc(OCc2ccc(CCC)cc2)ccc1OC(=O)/C=C/c1ccc(OC(=O)c2ccc3cc(OCCCOC(=O)C=C)ccc3c2)c(OC)c1)c1nc2ccccc2s1. The zero-order chi connectivity index (χ0) is 47.7. The Morgan fingerprint density at radius 1 is 0.765 bits per heavy atom. The van der Waals surface area contributed by atoms with E-state index in [0.29, 0.717) is 60.8 Å². The molecule has 0 spiro atoms. The number of para-hydroxylation sites is 1. The highest BCUT2D eigenvalue weighted by Crippen LogP contribution is 2.32. The molecule has 68 heavy (non-hydrogen) atoms. The van der Waals surface area contributed by atoms with Gasteiger partial charge >= 0.3 is 17.9 Å². The lowest BCUT2D eigenvalue weighted by atomic mass is 10.1. The van der Waals surface area contributed by atoms with Gasteiger partial charge in [-0.3, -0.25) is 0 Å². The van der Waals surface area contributed by atoms with Crippen molar-refractivity contribution in [1.82, 2.24) is 4.98 Å². The van der Waals surface area contributed by atoms with Crippen LogP contribution in [0.15, 0.2) is 158 Å². The molecular weight excluding hydrogens is 879 g/mol. The summed E-state index contributed by atoms with van der Waals surface area (Å²) in [5, 5.41) is 9.03. The fourth-order valence-corrected chi connectivity index (χ4v) is 7.79. The number of anilines is 1. The number of ether oxygens (including phenoxy) is 6. The smallest absolute Gasteiger partial charge is 0.343 e. The molecule has 0 aliphatic heterocycles. The second-order valence-electron chi connectivity index (χ2n) is 15.3. The Morgan fingerprint density at radius 3 is 2.32 bits per heavy atom. The van der Waals surface area contributed by atoms with Crippen molar-refractivity contribution in [3.63, 3.8) is 0 Å². The van der Waals surface area contributed by atoms with E-state index in [4.69, 9.17) is 38.5 Å². The van der Waals surface area contributed by atoms with Crippen molar-refractivity contribution < 1.29 is 42.8 Å². The van der Waals surface area contributed by atoms with Crippen LogP contribution < -0.4 is 28.7 Å². The summed E-state index contributed by atoms with van der Waals surface area (Å²) in [5.74, 6) is 0.301. The molecule has 6 aromatic carbocycles. The first-order valence-electron chi connectivity index (χ1n) is 22.1. The molecule has 0 fully saturated rings. The summed E-state index contributed by atoms with van der Waals surface area (Å²) in [6.07, 6.45) is 10.8. The molecule has 0 saturated heterocycles. The second kappa shape index (κ2) is 23.9. The number of carbonyl (C=O) groups excluding carboxylic acids is 3. The van der Waals surface area contributed by atoms with E-state index in [0.717, 1.165) is 50.6 Å². The largest absolute Gasteiger partial charge is 0.493 e. The number of hydrogen-bond donors (Lipinski definition) is 0. The lowest BCUT2D eigenvalue weighted by molar-refractivity contribution is -0.138. The van der Waals surface area contributed by atoms with Crippen molar-refractivity contribution in [2.75, 3.05) is 31.9 Å². The minimum Gasteiger partial charge on any atom is -0.493 e. The summed E-state index contributed by atoms with van der Waals surface area (Å²) < 4.78 is 35.2. The van der Waals surface area contributed by atoms with Crippen molar-refractivity contribution in [2.45, 2.75) is 39.2 Å². The Labute approximate surface area is 399 Å². The van der Waals surface area contributed by atoms with Gasteiger partial charge in [-0.15, -0.1) is 6.58 Å². The van der Waals surface area contributed by atoms with Crippen LogP contribution in [0.2, 0.25) is 0 Å². The summed E-state index contributed by atoms with van der Waals surface area (Å²) in [5.41, 5.74) is 4.64. The number of esters is 3. The van der Waals surface area contributed by atoms with Gasteiger partial charge in [-0.05, 0) is 113 Å². The molecule has 7 aromatic rings. The van der Waals surface area contributed by atoms with Gasteiger partial charge in [-0.2, -0.15) is 5.10 Å². The highest BCUT2D eigenvalue weighted by Gasteiger charge is 2.16. The molecule has 346 valence electrons. The fourth-order valence-electron chi connectivity index (χ4n) is 6.85. The van der Waals surface area contributed by atoms with Crippen LogP contribution in [-0.4, -0.2) is 56.0 Å². The molecule has 0 aliphatic rings. The topological polar surface area (TPSA) is 135 Å². The third-order valence-corrected chi connectivity index (χ3v) is 11.4. The van der Waals surface area contributed by atoms with Crippen LogP contribution in [0.4, 0.5) is 5.13 Å². The van der Waals surface area contributed by atoms with E-state index in [9.17, 15) is 14.4 Å². The number of aromatic nitrogens is 1. The zero-order valence-corrected chi connectivity index (χ0v) is 38.7. The van der Waals surface area contributed by atoms with Gasteiger partial charge in [0.1, 0.15) is 23.9 Å². The van der Waals surface area contributed by atoms with Crippen molar-refractivity contribution in [2.24, 2.45) is 5.10 Å². The molecular formula is C55H51N3O9S. The first-order chi connectivity index (χ1) is 33.2. The lowest BCUT2D eigenvalue weighted by Crippen LogP contribution is -2.17. The van der Waals surface area contributed by atoms with E-state index in [-0.39, 0.29) is 23.9 Å². The number of hydrogen-bond acceptors (Lipinski definition) is 13. The van der Waals surface area contributed by atoms with Crippen molar-refractivity contribution in [3.8, 4) is 28.7 Å². The van der Waals surface area contributed by atoms with Gasteiger partial charge in [0, 0.05) is 30.7 Å². The number of nitrogens with zero attached hydrogens (tertiary/aromatic N) is 3. The van der Waals surface area contributed by atoms with Gasteiger partial charge in [-0.1, -0.05) is 91.9 Å². The molecule has 0 amide bonds. The van der Waals surface area contributed by atoms with E-state index in [1.165, 1.54) is 30.1 Å². The van der Waals surface area contributed by atoms with Crippen LogP contribution in [0.3, 0.4) is 0 Å². The number of fused-ring (bicyclic) bond motifs is 2. The molecule has 0 unspecified atom stereocenters. The fraction of sp³-hybridized carbons (Fsp3) is 0.182.